The number of nitrogens with two attached hydrogens (primary N) is 2. The standard InChI is InChI=1S/C34H45N7O5/c1-2-37-34(45)41-33(36)38-20-9-14-29(31(43)39-23-24-15-17-27(42)18-16-24)40-32(44)30(25-10-4-3-5-11-25)26-12-8-13-28(22-26)46-21-7-6-19-35/h3-5,8,10-13,15-18,22,29-30,42H,2,6-7,9,14,19-21,23,35H2,1H3,(H,39,43)(H,40,44)(H4,36,37,38,41,45)/t29-,30?/m1/s1. The van der Waals surface area contributed by atoms with Crippen molar-refractivity contribution in [3.63, 3.8) is 0 Å². The van der Waals surface area contributed by atoms with E-state index in [0.29, 0.717) is 38.4 Å². The number of hydrogen-bond acceptors (Lipinski definition) is 6. The monoisotopic (exact) mass is 631 g/mol. The van der Waals surface area contributed by atoms with Gasteiger partial charge >= 0.3 is 6.03 Å². The van der Waals surface area contributed by atoms with Crippen molar-refractivity contribution >= 4 is 23.8 Å². The number of hydrogen-bond donors (Lipinski definition) is 7. The highest BCUT2D eigenvalue weighted by Crippen LogP contribution is 2.28. The maximum atomic E-state index is 14.0. The lowest BCUT2D eigenvalue weighted by Gasteiger charge is -2.24. The van der Waals surface area contributed by atoms with Crippen LogP contribution in [-0.4, -0.2) is 61.2 Å². The summed E-state index contributed by atoms with van der Waals surface area (Å²) in [7, 11) is 0. The number of benzene rings is 3. The highest BCUT2D eigenvalue weighted by molar-refractivity contribution is 5.93. The number of amides is 4. The summed E-state index contributed by atoms with van der Waals surface area (Å²) in [6, 6.07) is 21.8. The Kier molecular flexibility index (Phi) is 14.9. The van der Waals surface area contributed by atoms with Crippen LogP contribution in [0.5, 0.6) is 11.5 Å². The number of nitrogens with zero attached hydrogens (tertiary/aromatic N) is 1. The molecule has 0 heterocycles. The van der Waals surface area contributed by atoms with Gasteiger partial charge in [0.2, 0.25) is 11.8 Å². The molecule has 2 atom stereocenters. The molecule has 3 rings (SSSR count). The molecule has 12 nitrogen and oxygen atoms in total. The molecule has 3 aromatic carbocycles. The van der Waals surface area contributed by atoms with E-state index in [-0.39, 0.29) is 36.5 Å². The van der Waals surface area contributed by atoms with Gasteiger partial charge in [-0.15, -0.1) is 0 Å². The van der Waals surface area contributed by atoms with Crippen molar-refractivity contribution in [2.75, 3.05) is 26.2 Å². The van der Waals surface area contributed by atoms with Crippen LogP contribution < -0.4 is 37.5 Å². The molecule has 0 fully saturated rings. The second-order valence-corrected chi connectivity index (χ2v) is 10.6. The van der Waals surface area contributed by atoms with Crippen molar-refractivity contribution in [2.24, 2.45) is 16.5 Å². The van der Waals surface area contributed by atoms with Crippen LogP contribution in [0.25, 0.3) is 0 Å². The van der Waals surface area contributed by atoms with E-state index in [4.69, 9.17) is 16.2 Å². The number of guanidine groups is 1. The van der Waals surface area contributed by atoms with Crippen molar-refractivity contribution in [1.29, 1.82) is 0 Å². The van der Waals surface area contributed by atoms with E-state index in [9.17, 15) is 19.5 Å². The molecule has 246 valence electrons. The van der Waals surface area contributed by atoms with Gasteiger partial charge in [0.25, 0.3) is 0 Å². The van der Waals surface area contributed by atoms with E-state index < -0.39 is 18.0 Å². The molecule has 0 saturated carbocycles. The number of unbranched alkanes of at least 4 members (excludes halogenated alkanes) is 1. The predicted octanol–water partition coefficient (Wildman–Crippen LogP) is 2.86. The smallest absolute Gasteiger partial charge is 0.344 e. The van der Waals surface area contributed by atoms with Gasteiger partial charge in [-0.05, 0) is 80.1 Å². The van der Waals surface area contributed by atoms with Crippen molar-refractivity contribution in [3.05, 3.63) is 95.6 Å². The van der Waals surface area contributed by atoms with E-state index in [2.05, 4.69) is 26.3 Å². The largest absolute Gasteiger partial charge is 0.508 e. The summed E-state index contributed by atoms with van der Waals surface area (Å²) in [6.45, 7) is 3.83. The average Bonchev–Trinajstić information content (AvgIpc) is 3.05. The van der Waals surface area contributed by atoms with Gasteiger partial charge in [0.1, 0.15) is 17.5 Å². The molecule has 0 radical (unpaired) electrons. The molecule has 3 aromatic rings. The maximum absolute atomic E-state index is 14.0. The summed E-state index contributed by atoms with van der Waals surface area (Å²) in [5.74, 6) is -0.698. The van der Waals surface area contributed by atoms with Gasteiger partial charge in [0.05, 0.1) is 12.5 Å². The Balaban J connectivity index is 1.78. The van der Waals surface area contributed by atoms with Crippen molar-refractivity contribution in [2.45, 2.75) is 51.1 Å². The van der Waals surface area contributed by atoms with Gasteiger partial charge in [0.15, 0.2) is 5.96 Å². The zero-order valence-electron chi connectivity index (χ0n) is 26.2. The third kappa shape index (κ3) is 12.1. The van der Waals surface area contributed by atoms with Gasteiger partial charge in [-0.1, -0.05) is 54.6 Å². The zero-order chi connectivity index (χ0) is 33.1. The Morgan fingerprint density at radius 3 is 2.33 bits per heavy atom. The Bertz CT molecular complexity index is 1420. The Morgan fingerprint density at radius 1 is 0.870 bits per heavy atom. The first-order valence-corrected chi connectivity index (χ1v) is 15.5. The van der Waals surface area contributed by atoms with Crippen LogP contribution in [0.3, 0.4) is 0 Å². The van der Waals surface area contributed by atoms with E-state index in [1.165, 1.54) is 0 Å². The number of urea groups is 1. The molecule has 0 spiro atoms. The third-order valence-corrected chi connectivity index (χ3v) is 7.02. The Morgan fingerprint density at radius 2 is 1.61 bits per heavy atom. The van der Waals surface area contributed by atoms with Crippen LogP contribution >= 0.6 is 0 Å². The molecule has 0 saturated heterocycles. The Hall–Kier alpha value is -5.10. The van der Waals surface area contributed by atoms with E-state index in [1.807, 2.05) is 54.6 Å². The number of carbonyl (C=O) groups is 3. The molecular weight excluding hydrogens is 586 g/mol. The first-order chi connectivity index (χ1) is 22.3. The van der Waals surface area contributed by atoms with Gasteiger partial charge in [-0.2, -0.15) is 4.99 Å². The predicted molar refractivity (Wildman–Crippen MR) is 178 cm³/mol. The van der Waals surface area contributed by atoms with Crippen LogP contribution in [0.15, 0.2) is 83.9 Å². The number of phenolic OH excluding ortho intramolecular Hbond substituents is 1. The van der Waals surface area contributed by atoms with Crippen LogP contribution in [0.4, 0.5) is 4.79 Å². The lowest BCUT2D eigenvalue weighted by Crippen LogP contribution is -2.48. The van der Waals surface area contributed by atoms with Gasteiger partial charge in [-0.3, -0.25) is 9.59 Å². The minimum atomic E-state index is -0.880. The van der Waals surface area contributed by atoms with Crippen LogP contribution in [0.2, 0.25) is 0 Å². The summed E-state index contributed by atoms with van der Waals surface area (Å²) in [5, 5.41) is 20.9. The van der Waals surface area contributed by atoms with Crippen molar-refractivity contribution in [1.82, 2.24) is 21.3 Å². The summed E-state index contributed by atoms with van der Waals surface area (Å²) in [6.07, 6.45) is 2.39. The highest BCUT2D eigenvalue weighted by atomic mass is 16.5. The SMILES string of the molecule is CCNC(=O)/N=C(/N)NCCC[C@@H](NC(=O)C(c1ccccc1)c1cccc(OCCCCN)c1)C(=O)NCc1ccc(O)cc1. The summed E-state index contributed by atoms with van der Waals surface area (Å²) < 4.78 is 5.92. The minimum absolute atomic E-state index is 0.0439. The normalized spacial score (nSPS) is 12.4. The first-order valence-electron chi connectivity index (χ1n) is 15.5. The number of aliphatic imine (C=N–C) groups is 1. The molecule has 9 N–H and O–H groups in total. The molecule has 12 heteroatoms. The second kappa shape index (κ2) is 19.3. The topological polar surface area (TPSA) is 193 Å². The number of carbonyl (C=O) groups excluding carboxylic acids is 3. The second-order valence-electron chi connectivity index (χ2n) is 10.6. The quantitative estimate of drug-likeness (QED) is 0.0671. The number of phenols is 1. The molecule has 0 aliphatic rings. The molecule has 0 bridgehead atoms. The Labute approximate surface area is 270 Å². The van der Waals surface area contributed by atoms with Crippen LogP contribution in [0, 0.1) is 0 Å². The molecule has 0 aromatic heterocycles. The summed E-state index contributed by atoms with van der Waals surface area (Å²) in [5.41, 5.74) is 13.7. The van der Waals surface area contributed by atoms with Gasteiger partial charge in [0, 0.05) is 19.6 Å². The minimum Gasteiger partial charge on any atom is -0.508 e. The van der Waals surface area contributed by atoms with Crippen molar-refractivity contribution < 1.29 is 24.2 Å². The van der Waals surface area contributed by atoms with E-state index in [0.717, 1.165) is 29.5 Å². The van der Waals surface area contributed by atoms with E-state index in [1.54, 1.807) is 31.2 Å². The van der Waals surface area contributed by atoms with E-state index >= 15 is 0 Å². The first kappa shape index (κ1) is 35.4. The average molecular weight is 632 g/mol. The lowest BCUT2D eigenvalue weighted by molar-refractivity contribution is -0.129. The summed E-state index contributed by atoms with van der Waals surface area (Å²) >= 11 is 0. The van der Waals surface area contributed by atoms with Crippen LogP contribution in [-0.2, 0) is 16.1 Å². The molecule has 46 heavy (non-hydrogen) atoms. The molecule has 4 amide bonds. The fraction of sp³-hybridized carbons (Fsp3) is 0.353. The summed E-state index contributed by atoms with van der Waals surface area (Å²) in [4.78, 5) is 42.9. The fourth-order valence-electron chi connectivity index (χ4n) is 4.67. The van der Waals surface area contributed by atoms with Crippen molar-refractivity contribution in [3.8, 4) is 11.5 Å². The molecule has 0 aliphatic heterocycles. The molecular formula is C34H45N7O5. The number of nitrogens with one attached hydrogen (secondary N) is 4. The number of rotatable bonds is 17. The lowest BCUT2D eigenvalue weighted by atomic mass is 9.90. The highest BCUT2D eigenvalue weighted by Gasteiger charge is 2.28. The van der Waals surface area contributed by atoms with Crippen LogP contribution in [0.1, 0.15) is 55.2 Å². The fourth-order valence-corrected chi connectivity index (χ4v) is 4.67. The maximum Gasteiger partial charge on any atom is 0.344 e. The molecule has 0 aliphatic carbocycles. The third-order valence-electron chi connectivity index (χ3n) is 7.02. The zero-order valence-corrected chi connectivity index (χ0v) is 26.2. The molecule has 1 unspecified atom stereocenters. The van der Waals surface area contributed by atoms with Gasteiger partial charge in [-0.25, -0.2) is 4.79 Å². The number of ether oxygens (including phenoxy) is 1. The number of aromatic hydroxyl groups is 1. The van der Waals surface area contributed by atoms with Gasteiger partial charge < -0.3 is 42.6 Å².